The number of nitrogens with one attached hydrogen (secondary N) is 1. The van der Waals surface area contributed by atoms with Gasteiger partial charge in [-0.3, -0.25) is 4.79 Å². The van der Waals surface area contributed by atoms with E-state index in [1.54, 1.807) is 7.11 Å². The van der Waals surface area contributed by atoms with E-state index in [2.05, 4.69) is 26.1 Å². The minimum Gasteiger partial charge on any atom is -0.388 e. The smallest absolute Gasteiger partial charge is 0.222 e. The second-order valence-corrected chi connectivity index (χ2v) is 14.5. The van der Waals surface area contributed by atoms with Gasteiger partial charge in [-0.05, 0) is 25.8 Å². The van der Waals surface area contributed by atoms with Crippen molar-refractivity contribution in [2.45, 2.75) is 225 Å². The van der Waals surface area contributed by atoms with Crippen LogP contribution in [0, 0.1) is 0 Å². The summed E-state index contributed by atoms with van der Waals surface area (Å²) >= 11 is 0. The van der Waals surface area contributed by atoms with E-state index in [4.69, 9.17) is 9.47 Å². The van der Waals surface area contributed by atoms with Crippen LogP contribution in [-0.4, -0.2) is 78.4 Å². The summed E-state index contributed by atoms with van der Waals surface area (Å²) in [7, 11) is 1.57. The molecule has 1 fully saturated rings. The molecule has 0 aromatic rings. The molecule has 0 spiro atoms. The molecule has 1 rings (SSSR count). The predicted molar refractivity (Wildman–Crippen MR) is 198 cm³/mol. The third-order valence-electron chi connectivity index (χ3n) is 10.1. The molecule has 1 aliphatic heterocycles. The molecule has 0 unspecified atom stereocenters. The van der Waals surface area contributed by atoms with E-state index >= 15 is 0 Å². The van der Waals surface area contributed by atoms with Gasteiger partial charge < -0.3 is 29.9 Å². The lowest BCUT2D eigenvalue weighted by Gasteiger charge is -2.44. The van der Waals surface area contributed by atoms with Crippen LogP contribution in [0.1, 0.15) is 194 Å². The van der Waals surface area contributed by atoms with Crippen LogP contribution in [0.4, 0.5) is 0 Å². The Morgan fingerprint density at radius 3 is 1.47 bits per heavy atom. The number of hydrogen-bond acceptors (Lipinski definition) is 6. The highest BCUT2D eigenvalue weighted by atomic mass is 16.7. The average Bonchev–Trinajstić information content (AvgIpc) is 3.08. The molecule has 7 nitrogen and oxygen atoms in total. The lowest BCUT2D eigenvalue weighted by molar-refractivity contribution is -0.259. The highest BCUT2D eigenvalue weighted by Crippen LogP contribution is 2.24. The number of carbonyl (C=O) groups is 1. The first-order valence-corrected chi connectivity index (χ1v) is 20.6. The number of aliphatic hydroxyl groups is 2. The molecule has 5 atom stereocenters. The van der Waals surface area contributed by atoms with Gasteiger partial charge in [-0.2, -0.15) is 0 Å². The topological polar surface area (TPSA) is 91.3 Å². The van der Waals surface area contributed by atoms with Crippen LogP contribution in [0.15, 0.2) is 0 Å². The van der Waals surface area contributed by atoms with Crippen LogP contribution in [0.3, 0.4) is 0 Å². The Hall–Kier alpha value is -0.730. The summed E-state index contributed by atoms with van der Waals surface area (Å²) in [6, 6.07) is -0.502. The Labute approximate surface area is 291 Å². The summed E-state index contributed by atoms with van der Waals surface area (Å²) in [4.78, 5) is 15.3. The highest BCUT2D eigenvalue weighted by Gasteiger charge is 2.45. The molecule has 0 aromatic carbocycles. The van der Waals surface area contributed by atoms with Crippen molar-refractivity contribution in [1.82, 2.24) is 10.2 Å². The summed E-state index contributed by atoms with van der Waals surface area (Å²) in [5.41, 5.74) is 0. The molecule has 1 amide bonds. The SMILES string of the molecule is CCCCCCCCCCCCCCCCCCN(C[C@H]1O[C@H](OC)[C@H](NCCC)[C@@H](O)[C@@H]1O)C(=O)CCCCCCCCCCC. The van der Waals surface area contributed by atoms with Gasteiger partial charge in [0.05, 0.1) is 6.04 Å². The molecule has 1 aliphatic rings. The van der Waals surface area contributed by atoms with Crippen molar-refractivity contribution >= 4 is 5.91 Å². The molecule has 0 bridgehead atoms. The first kappa shape index (κ1) is 44.3. The third-order valence-corrected chi connectivity index (χ3v) is 10.1. The predicted octanol–water partition coefficient (Wildman–Crippen LogP) is 9.46. The van der Waals surface area contributed by atoms with Gasteiger partial charge in [-0.25, -0.2) is 0 Å². The van der Waals surface area contributed by atoms with Crippen LogP contribution in [0.5, 0.6) is 0 Å². The fourth-order valence-corrected chi connectivity index (χ4v) is 6.94. The summed E-state index contributed by atoms with van der Waals surface area (Å²) in [5.74, 6) is 0.138. The Kier molecular flexibility index (Phi) is 29.5. The number of amides is 1. The average molecular weight is 669 g/mol. The second kappa shape index (κ2) is 31.3. The number of rotatable bonds is 33. The van der Waals surface area contributed by atoms with Crippen LogP contribution in [0.25, 0.3) is 0 Å². The molecular formula is C40H80N2O5. The first-order valence-electron chi connectivity index (χ1n) is 20.6. The van der Waals surface area contributed by atoms with Gasteiger partial charge in [0, 0.05) is 26.6 Å². The lowest BCUT2D eigenvalue weighted by Crippen LogP contribution is -2.65. The molecule has 0 aliphatic carbocycles. The van der Waals surface area contributed by atoms with Gasteiger partial charge in [0.25, 0.3) is 0 Å². The van der Waals surface area contributed by atoms with E-state index in [9.17, 15) is 15.0 Å². The van der Waals surface area contributed by atoms with Crippen molar-refractivity contribution in [1.29, 1.82) is 0 Å². The quantitative estimate of drug-likeness (QED) is 0.0604. The largest absolute Gasteiger partial charge is 0.388 e. The number of methoxy groups -OCH3 is 1. The summed E-state index contributed by atoms with van der Waals surface area (Å²) in [6.07, 6.45) is 30.2. The highest BCUT2D eigenvalue weighted by molar-refractivity contribution is 5.76. The van der Waals surface area contributed by atoms with E-state index in [0.29, 0.717) is 19.5 Å². The van der Waals surface area contributed by atoms with E-state index in [0.717, 1.165) is 32.1 Å². The van der Waals surface area contributed by atoms with Crippen LogP contribution >= 0.6 is 0 Å². The number of nitrogens with zero attached hydrogens (tertiary/aromatic N) is 1. The fraction of sp³-hybridized carbons (Fsp3) is 0.975. The maximum atomic E-state index is 13.4. The van der Waals surface area contributed by atoms with Crippen molar-refractivity contribution in [2.24, 2.45) is 0 Å². The lowest BCUT2D eigenvalue weighted by atomic mass is 9.96. The van der Waals surface area contributed by atoms with Crippen molar-refractivity contribution < 1.29 is 24.5 Å². The molecule has 0 radical (unpaired) electrons. The number of unbranched alkanes of at least 4 members (excludes halogenated alkanes) is 23. The molecule has 1 heterocycles. The minimum absolute atomic E-state index is 0.138. The van der Waals surface area contributed by atoms with Gasteiger partial charge in [0.2, 0.25) is 5.91 Å². The molecule has 3 N–H and O–H groups in total. The maximum absolute atomic E-state index is 13.4. The van der Waals surface area contributed by atoms with Crippen molar-refractivity contribution in [3.8, 4) is 0 Å². The number of ether oxygens (including phenoxy) is 2. The maximum Gasteiger partial charge on any atom is 0.222 e. The summed E-state index contributed by atoms with van der Waals surface area (Å²) < 4.78 is 11.7. The number of carbonyl (C=O) groups excluding carboxylic acids is 1. The second-order valence-electron chi connectivity index (χ2n) is 14.5. The Morgan fingerprint density at radius 2 is 1.04 bits per heavy atom. The van der Waals surface area contributed by atoms with Gasteiger partial charge in [0.1, 0.15) is 18.3 Å². The summed E-state index contributed by atoms with van der Waals surface area (Å²) in [6.45, 7) is 8.25. The normalized spacial score (nSPS) is 21.4. The monoisotopic (exact) mass is 669 g/mol. The van der Waals surface area contributed by atoms with Gasteiger partial charge in [0.15, 0.2) is 6.29 Å². The van der Waals surface area contributed by atoms with E-state index < -0.39 is 30.6 Å². The van der Waals surface area contributed by atoms with Crippen molar-refractivity contribution in [2.75, 3.05) is 26.7 Å². The molecule has 7 heteroatoms. The molecule has 0 aromatic heterocycles. The molecule has 0 saturated carbocycles. The molecular weight excluding hydrogens is 588 g/mol. The Bertz CT molecular complexity index is 694. The van der Waals surface area contributed by atoms with Gasteiger partial charge in [-0.15, -0.1) is 0 Å². The van der Waals surface area contributed by atoms with E-state index in [-0.39, 0.29) is 12.5 Å². The van der Waals surface area contributed by atoms with Gasteiger partial charge in [-0.1, -0.05) is 168 Å². The first-order chi connectivity index (χ1) is 23.0. The fourth-order valence-electron chi connectivity index (χ4n) is 6.94. The molecule has 1 saturated heterocycles. The van der Waals surface area contributed by atoms with Crippen molar-refractivity contribution in [3.05, 3.63) is 0 Å². The van der Waals surface area contributed by atoms with Gasteiger partial charge >= 0.3 is 0 Å². The number of aliphatic hydroxyl groups excluding tert-OH is 2. The number of hydrogen-bond donors (Lipinski definition) is 3. The zero-order valence-electron chi connectivity index (χ0n) is 31.7. The third kappa shape index (κ3) is 21.9. The minimum atomic E-state index is -1.08. The zero-order chi connectivity index (χ0) is 34.4. The molecule has 47 heavy (non-hydrogen) atoms. The van der Waals surface area contributed by atoms with Crippen LogP contribution < -0.4 is 5.32 Å². The van der Waals surface area contributed by atoms with Crippen molar-refractivity contribution in [3.63, 3.8) is 0 Å². The summed E-state index contributed by atoms with van der Waals surface area (Å²) in [5, 5.41) is 25.2. The van der Waals surface area contributed by atoms with Crippen LogP contribution in [0.2, 0.25) is 0 Å². The standard InChI is InChI=1S/C40H80N2O5/c1-5-8-10-12-14-16-17-18-19-20-21-22-24-26-28-30-33-42(36(43)31-29-27-25-23-15-13-11-9-6-2)34-35-38(44)39(45)37(41-32-7-3)40(46-4)47-35/h35,37-41,44-45H,5-34H2,1-4H3/t35-,37-,38-,39-,40+/m1/s1. The van der Waals surface area contributed by atoms with E-state index in [1.807, 2.05) is 4.90 Å². The Balaban J connectivity index is 2.43. The van der Waals surface area contributed by atoms with Crippen LogP contribution in [-0.2, 0) is 14.3 Å². The van der Waals surface area contributed by atoms with E-state index in [1.165, 1.54) is 135 Å². The Morgan fingerprint density at radius 1 is 0.617 bits per heavy atom. The zero-order valence-corrected chi connectivity index (χ0v) is 31.7. The molecule has 280 valence electrons.